The van der Waals surface area contributed by atoms with E-state index in [4.69, 9.17) is 0 Å². The highest BCUT2D eigenvalue weighted by Gasteiger charge is 2.23. The van der Waals surface area contributed by atoms with E-state index in [2.05, 4.69) is 26.5 Å². The van der Waals surface area contributed by atoms with Crippen LogP contribution in [0.1, 0.15) is 39.5 Å². The van der Waals surface area contributed by atoms with Gasteiger partial charge in [0.1, 0.15) is 0 Å². The lowest BCUT2D eigenvalue weighted by atomic mass is 9.74. The molecule has 2 unspecified atom stereocenters. The molecule has 0 amide bonds. The fourth-order valence-electron chi connectivity index (χ4n) is 2.19. The normalized spacial score (nSPS) is 38.5. The zero-order chi connectivity index (χ0) is 8.27. The van der Waals surface area contributed by atoms with E-state index in [1.54, 1.807) is 0 Å². The summed E-state index contributed by atoms with van der Waals surface area (Å²) >= 11 is 0. The molecular weight excluding hydrogens is 132 g/mol. The summed E-state index contributed by atoms with van der Waals surface area (Å²) in [5, 5.41) is 0. The molecule has 1 rings (SSSR count). The largest absolute Gasteiger partial charge is 0.103 e. The van der Waals surface area contributed by atoms with Gasteiger partial charge in [-0.1, -0.05) is 32.8 Å². The van der Waals surface area contributed by atoms with Crippen LogP contribution in [0.2, 0.25) is 0 Å². The molecule has 0 aromatic heterocycles. The van der Waals surface area contributed by atoms with Gasteiger partial charge in [0.25, 0.3) is 0 Å². The molecule has 11 heavy (non-hydrogen) atoms. The van der Waals surface area contributed by atoms with Crippen molar-refractivity contribution in [3.8, 4) is 0 Å². The summed E-state index contributed by atoms with van der Waals surface area (Å²) in [4.78, 5) is 0. The molecule has 1 fully saturated rings. The Hall–Kier alpha value is -0.260. The van der Waals surface area contributed by atoms with Crippen LogP contribution in [0.3, 0.4) is 0 Å². The third kappa shape index (κ3) is 2.36. The molecule has 0 heteroatoms. The second kappa shape index (κ2) is 3.94. The molecule has 0 nitrogen and oxygen atoms in total. The molecule has 0 aromatic rings. The SMILES string of the molecule is C=CCC1CC(C)CC[C@@H]1C. The summed E-state index contributed by atoms with van der Waals surface area (Å²) in [5.41, 5.74) is 0. The minimum atomic E-state index is 0.927. The topological polar surface area (TPSA) is 0 Å². The van der Waals surface area contributed by atoms with Gasteiger partial charge < -0.3 is 0 Å². The van der Waals surface area contributed by atoms with E-state index in [-0.39, 0.29) is 0 Å². The Kier molecular flexibility index (Phi) is 3.16. The van der Waals surface area contributed by atoms with E-state index in [0.717, 1.165) is 17.8 Å². The molecule has 1 saturated carbocycles. The standard InChI is InChI=1S/C11H20/c1-4-5-11-8-9(2)6-7-10(11)3/h4,9-11H,1,5-8H2,2-3H3/t9?,10-,11?/m0/s1. The van der Waals surface area contributed by atoms with E-state index in [1.807, 2.05) is 0 Å². The van der Waals surface area contributed by atoms with Crippen molar-refractivity contribution >= 4 is 0 Å². The van der Waals surface area contributed by atoms with Crippen molar-refractivity contribution in [2.45, 2.75) is 39.5 Å². The second-order valence-corrected chi connectivity index (χ2v) is 4.18. The average molecular weight is 152 g/mol. The molecule has 0 bridgehead atoms. The fourth-order valence-corrected chi connectivity index (χ4v) is 2.19. The summed E-state index contributed by atoms with van der Waals surface area (Å²) in [6.07, 6.45) is 7.60. The van der Waals surface area contributed by atoms with Gasteiger partial charge in [-0.3, -0.25) is 0 Å². The molecule has 0 N–H and O–H groups in total. The van der Waals surface area contributed by atoms with E-state index < -0.39 is 0 Å². The van der Waals surface area contributed by atoms with Crippen LogP contribution in [0.4, 0.5) is 0 Å². The summed E-state index contributed by atoms with van der Waals surface area (Å²) in [7, 11) is 0. The minimum Gasteiger partial charge on any atom is -0.103 e. The van der Waals surface area contributed by atoms with Crippen LogP contribution in [-0.4, -0.2) is 0 Å². The van der Waals surface area contributed by atoms with Crippen molar-refractivity contribution in [3.63, 3.8) is 0 Å². The van der Waals surface area contributed by atoms with E-state index in [9.17, 15) is 0 Å². The molecule has 0 aromatic carbocycles. The first-order valence-electron chi connectivity index (χ1n) is 4.85. The first-order valence-corrected chi connectivity index (χ1v) is 4.85. The van der Waals surface area contributed by atoms with Crippen LogP contribution in [0.25, 0.3) is 0 Å². The highest BCUT2D eigenvalue weighted by molar-refractivity contribution is 4.81. The second-order valence-electron chi connectivity index (χ2n) is 4.18. The molecule has 0 spiro atoms. The lowest BCUT2D eigenvalue weighted by Crippen LogP contribution is -2.20. The summed E-state index contributed by atoms with van der Waals surface area (Å²) in [6, 6.07) is 0. The number of hydrogen-bond donors (Lipinski definition) is 0. The van der Waals surface area contributed by atoms with Gasteiger partial charge in [-0.15, -0.1) is 6.58 Å². The molecular formula is C11H20. The van der Waals surface area contributed by atoms with Gasteiger partial charge in [-0.2, -0.15) is 0 Å². The van der Waals surface area contributed by atoms with Gasteiger partial charge in [0.2, 0.25) is 0 Å². The van der Waals surface area contributed by atoms with Gasteiger partial charge in [0, 0.05) is 0 Å². The first-order chi connectivity index (χ1) is 5.24. The lowest BCUT2D eigenvalue weighted by molar-refractivity contribution is 0.205. The van der Waals surface area contributed by atoms with Crippen LogP contribution in [-0.2, 0) is 0 Å². The highest BCUT2D eigenvalue weighted by atomic mass is 14.3. The van der Waals surface area contributed by atoms with Crippen LogP contribution in [0.5, 0.6) is 0 Å². The molecule has 1 aliphatic rings. The quantitative estimate of drug-likeness (QED) is 0.530. The van der Waals surface area contributed by atoms with Crippen molar-refractivity contribution in [2.75, 3.05) is 0 Å². The number of allylic oxidation sites excluding steroid dienone is 1. The lowest BCUT2D eigenvalue weighted by Gasteiger charge is -2.31. The number of hydrogen-bond acceptors (Lipinski definition) is 0. The summed E-state index contributed by atoms with van der Waals surface area (Å²) in [6.45, 7) is 8.58. The van der Waals surface area contributed by atoms with Crippen molar-refractivity contribution in [1.82, 2.24) is 0 Å². The van der Waals surface area contributed by atoms with Gasteiger partial charge in [0.05, 0.1) is 0 Å². The Labute approximate surface area is 70.7 Å². The molecule has 0 saturated heterocycles. The Bertz CT molecular complexity index is 126. The maximum Gasteiger partial charge on any atom is -0.0322 e. The Balaban J connectivity index is 2.40. The predicted octanol–water partition coefficient (Wildman–Crippen LogP) is 3.63. The van der Waals surface area contributed by atoms with Crippen LogP contribution in [0, 0.1) is 17.8 Å². The molecule has 3 atom stereocenters. The van der Waals surface area contributed by atoms with E-state index in [1.165, 1.54) is 25.7 Å². The van der Waals surface area contributed by atoms with Crippen LogP contribution in [0.15, 0.2) is 12.7 Å². The van der Waals surface area contributed by atoms with Crippen molar-refractivity contribution in [1.29, 1.82) is 0 Å². The van der Waals surface area contributed by atoms with Crippen molar-refractivity contribution in [2.24, 2.45) is 17.8 Å². The molecule has 1 aliphatic carbocycles. The third-order valence-corrected chi connectivity index (χ3v) is 3.09. The van der Waals surface area contributed by atoms with Gasteiger partial charge in [-0.05, 0) is 30.6 Å². The van der Waals surface area contributed by atoms with E-state index in [0.29, 0.717) is 0 Å². The molecule has 0 aliphatic heterocycles. The average Bonchev–Trinajstić information content (AvgIpc) is 1.98. The molecule has 64 valence electrons. The van der Waals surface area contributed by atoms with E-state index >= 15 is 0 Å². The number of rotatable bonds is 2. The van der Waals surface area contributed by atoms with Gasteiger partial charge in [-0.25, -0.2) is 0 Å². The molecule has 0 radical (unpaired) electrons. The van der Waals surface area contributed by atoms with Gasteiger partial charge >= 0.3 is 0 Å². The monoisotopic (exact) mass is 152 g/mol. The zero-order valence-electron chi connectivity index (χ0n) is 7.84. The highest BCUT2D eigenvalue weighted by Crippen LogP contribution is 2.35. The third-order valence-electron chi connectivity index (χ3n) is 3.09. The predicted molar refractivity (Wildman–Crippen MR) is 50.5 cm³/mol. The van der Waals surface area contributed by atoms with Crippen molar-refractivity contribution < 1.29 is 0 Å². The summed E-state index contributed by atoms with van der Waals surface area (Å²) in [5.74, 6) is 2.82. The smallest absolute Gasteiger partial charge is 0.0322 e. The molecule has 0 heterocycles. The van der Waals surface area contributed by atoms with Gasteiger partial charge in [0.15, 0.2) is 0 Å². The Morgan fingerprint density at radius 1 is 1.36 bits per heavy atom. The maximum atomic E-state index is 3.81. The first kappa shape index (κ1) is 8.83. The van der Waals surface area contributed by atoms with Crippen LogP contribution >= 0.6 is 0 Å². The Morgan fingerprint density at radius 2 is 2.09 bits per heavy atom. The zero-order valence-corrected chi connectivity index (χ0v) is 7.84. The fraction of sp³-hybridized carbons (Fsp3) is 0.818. The summed E-state index contributed by atoms with van der Waals surface area (Å²) < 4.78 is 0. The minimum absolute atomic E-state index is 0.927. The van der Waals surface area contributed by atoms with Crippen molar-refractivity contribution in [3.05, 3.63) is 12.7 Å². The Morgan fingerprint density at radius 3 is 2.73 bits per heavy atom. The van der Waals surface area contributed by atoms with Crippen LogP contribution < -0.4 is 0 Å². The maximum absolute atomic E-state index is 3.81.